The Morgan fingerprint density at radius 1 is 0.870 bits per heavy atom. The Bertz CT molecular complexity index is 975. The van der Waals surface area contributed by atoms with E-state index in [-0.39, 0.29) is 0 Å². The molecule has 0 aliphatic carbocycles. The third kappa shape index (κ3) is 2.23. The van der Waals surface area contributed by atoms with Crippen molar-refractivity contribution in [3.63, 3.8) is 0 Å². The monoisotopic (exact) mass is 301 g/mol. The van der Waals surface area contributed by atoms with Gasteiger partial charge in [-0.05, 0) is 19.1 Å². The van der Waals surface area contributed by atoms with Gasteiger partial charge in [0.2, 0.25) is 0 Å². The molecule has 0 fully saturated rings. The minimum atomic E-state index is 0.445. The predicted octanol–water partition coefficient (Wildman–Crippen LogP) is 3.37. The van der Waals surface area contributed by atoms with Gasteiger partial charge in [-0.25, -0.2) is 14.6 Å². The molecule has 0 radical (unpaired) electrons. The van der Waals surface area contributed by atoms with E-state index in [1.165, 1.54) is 0 Å². The number of nitrogens with two attached hydrogens (primary N) is 1. The molecule has 0 saturated heterocycles. The summed E-state index contributed by atoms with van der Waals surface area (Å²) < 4.78 is 1.77. The van der Waals surface area contributed by atoms with E-state index in [1.54, 1.807) is 4.68 Å². The molecule has 5 nitrogen and oxygen atoms in total. The van der Waals surface area contributed by atoms with E-state index in [9.17, 15) is 0 Å². The second-order valence-electron chi connectivity index (χ2n) is 5.33. The van der Waals surface area contributed by atoms with Gasteiger partial charge < -0.3 is 5.73 Å². The second kappa shape index (κ2) is 5.21. The lowest BCUT2D eigenvalue weighted by Crippen LogP contribution is -2.00. The minimum Gasteiger partial charge on any atom is -0.382 e. The zero-order valence-electron chi connectivity index (χ0n) is 12.6. The number of fused-ring (bicyclic) bond motifs is 1. The third-order valence-electron chi connectivity index (χ3n) is 3.77. The topological polar surface area (TPSA) is 69.6 Å². The van der Waals surface area contributed by atoms with Gasteiger partial charge in [-0.2, -0.15) is 0 Å². The van der Waals surface area contributed by atoms with Crippen molar-refractivity contribution in [2.24, 2.45) is 0 Å². The highest BCUT2D eigenvalue weighted by molar-refractivity contribution is 5.90. The van der Waals surface area contributed by atoms with Crippen LogP contribution in [-0.2, 0) is 0 Å². The lowest BCUT2D eigenvalue weighted by molar-refractivity contribution is 0.901. The van der Waals surface area contributed by atoms with Gasteiger partial charge in [0.1, 0.15) is 0 Å². The van der Waals surface area contributed by atoms with Crippen molar-refractivity contribution in [2.75, 3.05) is 5.73 Å². The van der Waals surface area contributed by atoms with E-state index in [0.717, 1.165) is 28.0 Å². The zero-order valence-corrected chi connectivity index (χ0v) is 12.6. The first-order chi connectivity index (χ1) is 11.2. The summed E-state index contributed by atoms with van der Waals surface area (Å²) in [4.78, 5) is 9.31. The molecule has 0 unspecified atom stereocenters. The number of aryl methyl sites for hydroxylation is 1. The lowest BCUT2D eigenvalue weighted by Gasteiger charge is -2.05. The van der Waals surface area contributed by atoms with E-state index in [2.05, 4.69) is 10.1 Å². The van der Waals surface area contributed by atoms with Gasteiger partial charge in [0.15, 0.2) is 17.3 Å². The average molecular weight is 301 g/mol. The third-order valence-corrected chi connectivity index (χ3v) is 3.77. The summed E-state index contributed by atoms with van der Waals surface area (Å²) in [5.41, 5.74) is 9.53. The Morgan fingerprint density at radius 3 is 2.22 bits per heavy atom. The fourth-order valence-electron chi connectivity index (χ4n) is 2.68. The number of nitrogen functional groups attached to an aromatic ring is 1. The summed E-state index contributed by atoms with van der Waals surface area (Å²) in [7, 11) is 0. The van der Waals surface area contributed by atoms with Crippen LogP contribution in [0.1, 0.15) is 5.69 Å². The Kier molecular flexibility index (Phi) is 3.05. The van der Waals surface area contributed by atoms with Gasteiger partial charge in [0.05, 0.1) is 16.8 Å². The van der Waals surface area contributed by atoms with Crippen LogP contribution in [0.15, 0.2) is 60.7 Å². The largest absolute Gasteiger partial charge is 0.382 e. The van der Waals surface area contributed by atoms with E-state index in [4.69, 9.17) is 10.7 Å². The minimum absolute atomic E-state index is 0.445. The SMILES string of the molecule is Cc1nc(-c2ccccc2)nc2c1c(N)nn2-c1ccccc1. The van der Waals surface area contributed by atoms with Crippen LogP contribution in [0.25, 0.3) is 28.1 Å². The van der Waals surface area contributed by atoms with Gasteiger partial charge in [-0.15, -0.1) is 5.10 Å². The first kappa shape index (κ1) is 13.5. The van der Waals surface area contributed by atoms with Gasteiger partial charge in [0, 0.05) is 5.56 Å². The van der Waals surface area contributed by atoms with Crippen molar-refractivity contribution >= 4 is 16.9 Å². The zero-order chi connectivity index (χ0) is 15.8. The number of benzene rings is 2. The Morgan fingerprint density at radius 2 is 1.52 bits per heavy atom. The van der Waals surface area contributed by atoms with Crippen molar-refractivity contribution < 1.29 is 0 Å². The van der Waals surface area contributed by atoms with Gasteiger partial charge in [-0.3, -0.25) is 0 Å². The van der Waals surface area contributed by atoms with E-state index in [0.29, 0.717) is 11.6 Å². The number of rotatable bonds is 2. The van der Waals surface area contributed by atoms with Crippen molar-refractivity contribution in [1.29, 1.82) is 0 Å². The van der Waals surface area contributed by atoms with Crippen molar-refractivity contribution in [1.82, 2.24) is 19.7 Å². The molecule has 0 aliphatic rings. The van der Waals surface area contributed by atoms with Crippen molar-refractivity contribution in [3.05, 3.63) is 66.4 Å². The van der Waals surface area contributed by atoms with Gasteiger partial charge in [0.25, 0.3) is 0 Å². The summed E-state index contributed by atoms with van der Waals surface area (Å²) in [6.07, 6.45) is 0. The molecule has 0 bridgehead atoms. The Hall–Kier alpha value is -3.21. The van der Waals surface area contributed by atoms with Crippen LogP contribution < -0.4 is 5.73 Å². The van der Waals surface area contributed by atoms with Crippen molar-refractivity contribution in [3.8, 4) is 17.1 Å². The summed E-state index contributed by atoms with van der Waals surface area (Å²) >= 11 is 0. The fourth-order valence-corrected chi connectivity index (χ4v) is 2.68. The van der Waals surface area contributed by atoms with Gasteiger partial charge >= 0.3 is 0 Å². The fraction of sp³-hybridized carbons (Fsp3) is 0.0556. The summed E-state index contributed by atoms with van der Waals surface area (Å²) in [5, 5.41) is 5.25. The first-order valence-corrected chi connectivity index (χ1v) is 7.38. The molecule has 0 amide bonds. The molecule has 4 aromatic rings. The molecule has 0 saturated carbocycles. The average Bonchev–Trinajstić information content (AvgIpc) is 2.94. The first-order valence-electron chi connectivity index (χ1n) is 7.38. The molecule has 2 aromatic carbocycles. The second-order valence-corrected chi connectivity index (χ2v) is 5.33. The van der Waals surface area contributed by atoms with Crippen LogP contribution in [0.4, 0.5) is 5.82 Å². The molecule has 0 atom stereocenters. The number of nitrogens with zero attached hydrogens (tertiary/aromatic N) is 4. The smallest absolute Gasteiger partial charge is 0.169 e. The highest BCUT2D eigenvalue weighted by Gasteiger charge is 2.16. The molecule has 23 heavy (non-hydrogen) atoms. The molecule has 2 N–H and O–H groups in total. The Labute approximate surface area is 133 Å². The number of hydrogen-bond acceptors (Lipinski definition) is 4. The van der Waals surface area contributed by atoms with Crippen LogP contribution in [0.2, 0.25) is 0 Å². The number of aromatic nitrogens is 4. The quantitative estimate of drug-likeness (QED) is 0.616. The normalized spacial score (nSPS) is 11.0. The molecule has 112 valence electrons. The summed E-state index contributed by atoms with van der Waals surface area (Å²) in [6, 6.07) is 19.8. The molecule has 5 heteroatoms. The van der Waals surface area contributed by atoms with E-state index >= 15 is 0 Å². The molecule has 0 aliphatic heterocycles. The molecule has 0 spiro atoms. The number of para-hydroxylation sites is 1. The molecule has 2 heterocycles. The van der Waals surface area contributed by atoms with E-state index < -0.39 is 0 Å². The maximum atomic E-state index is 6.09. The van der Waals surface area contributed by atoms with Crippen LogP contribution in [0.3, 0.4) is 0 Å². The lowest BCUT2D eigenvalue weighted by atomic mass is 10.2. The highest BCUT2D eigenvalue weighted by Crippen LogP contribution is 2.27. The number of hydrogen-bond donors (Lipinski definition) is 1. The molecule has 2 aromatic heterocycles. The molecule has 4 rings (SSSR count). The maximum Gasteiger partial charge on any atom is 0.169 e. The van der Waals surface area contributed by atoms with Crippen LogP contribution in [0, 0.1) is 6.92 Å². The van der Waals surface area contributed by atoms with E-state index in [1.807, 2.05) is 67.6 Å². The van der Waals surface area contributed by atoms with Crippen molar-refractivity contribution in [2.45, 2.75) is 6.92 Å². The Balaban J connectivity index is 2.01. The van der Waals surface area contributed by atoms with Crippen LogP contribution in [-0.4, -0.2) is 19.7 Å². The van der Waals surface area contributed by atoms with Gasteiger partial charge in [-0.1, -0.05) is 48.5 Å². The standard InChI is InChI=1S/C18H15N5/c1-12-15-16(19)22-23(14-10-6-3-7-11-14)18(15)21-17(20-12)13-8-4-2-5-9-13/h2-11H,1H3,(H2,19,22). The number of anilines is 1. The molecular weight excluding hydrogens is 286 g/mol. The van der Waals surface area contributed by atoms with Crippen LogP contribution in [0.5, 0.6) is 0 Å². The highest BCUT2D eigenvalue weighted by atomic mass is 15.3. The summed E-state index contributed by atoms with van der Waals surface area (Å²) in [5.74, 6) is 1.12. The maximum absolute atomic E-state index is 6.09. The summed E-state index contributed by atoms with van der Waals surface area (Å²) in [6.45, 7) is 1.93. The van der Waals surface area contributed by atoms with Crippen LogP contribution >= 0.6 is 0 Å². The molecular formula is C18H15N5. The predicted molar refractivity (Wildman–Crippen MR) is 91.2 cm³/mol.